The maximum absolute atomic E-state index is 13.5. The van der Waals surface area contributed by atoms with Gasteiger partial charge in [0, 0.05) is 30.6 Å². The average Bonchev–Trinajstić information content (AvgIpc) is 3.15. The lowest BCUT2D eigenvalue weighted by Crippen LogP contribution is -2.24. The summed E-state index contributed by atoms with van der Waals surface area (Å²) in [5.74, 6) is 0.621. The van der Waals surface area contributed by atoms with Crippen molar-refractivity contribution in [1.82, 2.24) is 9.55 Å². The van der Waals surface area contributed by atoms with Crippen molar-refractivity contribution in [2.24, 2.45) is 0 Å². The molecule has 128 valence electrons. The van der Waals surface area contributed by atoms with Crippen LogP contribution < -0.4 is 4.90 Å². The van der Waals surface area contributed by atoms with Crippen LogP contribution in [-0.4, -0.2) is 22.0 Å². The number of imidazole rings is 1. The van der Waals surface area contributed by atoms with E-state index in [0.29, 0.717) is 18.7 Å². The van der Waals surface area contributed by atoms with Crippen LogP contribution in [-0.2, 0) is 4.79 Å². The summed E-state index contributed by atoms with van der Waals surface area (Å²) in [4.78, 5) is 19.0. The topological polar surface area (TPSA) is 38.1 Å². The third-order valence-electron chi connectivity index (χ3n) is 4.75. The number of hydrogen-bond donors (Lipinski definition) is 0. The molecule has 1 fully saturated rings. The molecule has 0 saturated carbocycles. The van der Waals surface area contributed by atoms with E-state index in [9.17, 15) is 9.18 Å². The number of anilines is 1. The van der Waals surface area contributed by atoms with E-state index in [0.717, 1.165) is 16.9 Å². The molecule has 4 rings (SSSR count). The Hall–Kier alpha value is -2.69. The number of halogens is 1. The fourth-order valence-corrected chi connectivity index (χ4v) is 3.67. The second-order valence-corrected chi connectivity index (χ2v) is 6.81. The molecule has 2 heterocycles. The van der Waals surface area contributed by atoms with E-state index in [1.807, 2.05) is 18.2 Å². The van der Waals surface area contributed by atoms with Crippen LogP contribution in [0.2, 0.25) is 0 Å². The van der Waals surface area contributed by atoms with Crippen LogP contribution in [0.15, 0.2) is 48.5 Å². The summed E-state index contributed by atoms with van der Waals surface area (Å²) >= 11 is 0. The van der Waals surface area contributed by atoms with Crippen molar-refractivity contribution in [3.8, 4) is 0 Å². The van der Waals surface area contributed by atoms with Gasteiger partial charge in [-0.3, -0.25) is 4.79 Å². The summed E-state index contributed by atoms with van der Waals surface area (Å²) in [5, 5.41) is 0. The first-order valence-electron chi connectivity index (χ1n) is 8.57. The maximum Gasteiger partial charge on any atom is 0.227 e. The zero-order chi connectivity index (χ0) is 17.6. The number of rotatable bonds is 3. The molecule has 25 heavy (non-hydrogen) atoms. The van der Waals surface area contributed by atoms with Gasteiger partial charge in [-0.25, -0.2) is 9.37 Å². The predicted octanol–water partition coefficient (Wildman–Crippen LogP) is 4.28. The number of fused-ring (bicyclic) bond motifs is 1. The summed E-state index contributed by atoms with van der Waals surface area (Å²) in [6.07, 6.45) is 0.395. The van der Waals surface area contributed by atoms with Crippen molar-refractivity contribution in [2.45, 2.75) is 32.2 Å². The van der Waals surface area contributed by atoms with E-state index in [-0.39, 0.29) is 23.7 Å². The molecule has 3 aromatic rings. The van der Waals surface area contributed by atoms with Gasteiger partial charge in [-0.1, -0.05) is 18.2 Å². The van der Waals surface area contributed by atoms with E-state index in [1.165, 1.54) is 12.1 Å². The van der Waals surface area contributed by atoms with Gasteiger partial charge in [-0.15, -0.1) is 0 Å². The highest BCUT2D eigenvalue weighted by Gasteiger charge is 2.35. The van der Waals surface area contributed by atoms with Gasteiger partial charge in [-0.2, -0.15) is 0 Å². The highest BCUT2D eigenvalue weighted by atomic mass is 19.1. The Morgan fingerprint density at radius 1 is 1.16 bits per heavy atom. The van der Waals surface area contributed by atoms with Crippen LogP contribution in [0.25, 0.3) is 11.0 Å². The molecule has 0 bridgehead atoms. The molecule has 0 spiro atoms. The van der Waals surface area contributed by atoms with Crippen LogP contribution in [0.1, 0.15) is 38.1 Å². The summed E-state index contributed by atoms with van der Waals surface area (Å²) in [7, 11) is 0. The van der Waals surface area contributed by atoms with Gasteiger partial charge < -0.3 is 9.47 Å². The van der Waals surface area contributed by atoms with Crippen molar-refractivity contribution in [2.75, 3.05) is 11.4 Å². The highest BCUT2D eigenvalue weighted by molar-refractivity contribution is 5.96. The second kappa shape index (κ2) is 5.99. The van der Waals surface area contributed by atoms with E-state index < -0.39 is 0 Å². The van der Waals surface area contributed by atoms with E-state index in [1.54, 1.807) is 17.0 Å². The number of benzene rings is 2. The summed E-state index contributed by atoms with van der Waals surface area (Å²) in [6, 6.07) is 14.5. The Kier molecular flexibility index (Phi) is 3.79. The second-order valence-electron chi connectivity index (χ2n) is 6.81. The Bertz CT molecular complexity index is 947. The van der Waals surface area contributed by atoms with Gasteiger partial charge in [0.1, 0.15) is 11.6 Å². The average molecular weight is 337 g/mol. The minimum atomic E-state index is -0.330. The first-order valence-corrected chi connectivity index (χ1v) is 8.57. The minimum Gasteiger partial charge on any atom is -0.325 e. The predicted molar refractivity (Wildman–Crippen MR) is 96.2 cm³/mol. The van der Waals surface area contributed by atoms with Gasteiger partial charge in [0.25, 0.3) is 0 Å². The van der Waals surface area contributed by atoms with Gasteiger partial charge in [0.15, 0.2) is 0 Å². The first kappa shape index (κ1) is 15.8. The number of carbonyl (C=O) groups excluding carboxylic acids is 1. The SMILES string of the molecule is CC(C)n1c(C2CC(=O)N(c3cccc(F)c3)C2)nc2ccccc21. The van der Waals surface area contributed by atoms with Crippen LogP contribution in [0.4, 0.5) is 10.1 Å². The van der Waals surface area contributed by atoms with Crippen LogP contribution in [0.5, 0.6) is 0 Å². The first-order chi connectivity index (χ1) is 12.0. The van der Waals surface area contributed by atoms with Gasteiger partial charge in [0.2, 0.25) is 5.91 Å². The lowest BCUT2D eigenvalue weighted by molar-refractivity contribution is -0.117. The number of aromatic nitrogens is 2. The Morgan fingerprint density at radius 3 is 2.72 bits per heavy atom. The fraction of sp³-hybridized carbons (Fsp3) is 0.300. The summed E-state index contributed by atoms with van der Waals surface area (Å²) < 4.78 is 15.7. The molecular formula is C20H20FN3O. The fourth-order valence-electron chi connectivity index (χ4n) is 3.67. The molecule has 1 saturated heterocycles. The van der Waals surface area contributed by atoms with Crippen LogP contribution in [0, 0.1) is 5.82 Å². The molecule has 4 nitrogen and oxygen atoms in total. The zero-order valence-corrected chi connectivity index (χ0v) is 14.3. The lowest BCUT2D eigenvalue weighted by atomic mass is 10.1. The zero-order valence-electron chi connectivity index (χ0n) is 14.3. The standard InChI is InChI=1S/C20H20FN3O/c1-13(2)24-18-9-4-3-8-17(18)22-20(24)14-10-19(25)23(12-14)16-7-5-6-15(21)11-16/h3-9,11,13-14H,10,12H2,1-2H3. The van der Waals surface area contributed by atoms with Gasteiger partial charge in [0.05, 0.1) is 11.0 Å². The quantitative estimate of drug-likeness (QED) is 0.715. The van der Waals surface area contributed by atoms with E-state index >= 15 is 0 Å². The number of para-hydroxylation sites is 2. The van der Waals surface area contributed by atoms with Gasteiger partial charge >= 0.3 is 0 Å². The number of hydrogen-bond acceptors (Lipinski definition) is 2. The molecule has 0 radical (unpaired) electrons. The number of nitrogens with zero attached hydrogens (tertiary/aromatic N) is 3. The summed E-state index contributed by atoms with van der Waals surface area (Å²) in [5.41, 5.74) is 2.65. The molecule has 1 atom stereocenters. The smallest absolute Gasteiger partial charge is 0.227 e. The molecule has 1 unspecified atom stereocenters. The largest absolute Gasteiger partial charge is 0.325 e. The van der Waals surface area contributed by atoms with E-state index in [2.05, 4.69) is 24.5 Å². The molecule has 0 aliphatic carbocycles. The minimum absolute atomic E-state index is 0.00515. The van der Waals surface area contributed by atoms with E-state index in [4.69, 9.17) is 4.98 Å². The van der Waals surface area contributed by atoms with Crippen molar-refractivity contribution in [3.05, 3.63) is 60.2 Å². The normalized spacial score (nSPS) is 17.8. The van der Waals surface area contributed by atoms with Crippen molar-refractivity contribution in [1.29, 1.82) is 0 Å². The molecule has 1 amide bonds. The third-order valence-corrected chi connectivity index (χ3v) is 4.75. The molecule has 1 aliphatic heterocycles. The Balaban J connectivity index is 1.73. The molecule has 1 aliphatic rings. The molecule has 1 aromatic heterocycles. The third kappa shape index (κ3) is 2.69. The molecular weight excluding hydrogens is 317 g/mol. The highest BCUT2D eigenvalue weighted by Crippen LogP contribution is 2.34. The van der Waals surface area contributed by atoms with Crippen molar-refractivity contribution in [3.63, 3.8) is 0 Å². The lowest BCUT2D eigenvalue weighted by Gasteiger charge is -2.18. The van der Waals surface area contributed by atoms with Crippen LogP contribution in [0.3, 0.4) is 0 Å². The maximum atomic E-state index is 13.5. The van der Waals surface area contributed by atoms with Crippen molar-refractivity contribution >= 4 is 22.6 Å². The Morgan fingerprint density at radius 2 is 1.96 bits per heavy atom. The monoisotopic (exact) mass is 337 g/mol. The molecule has 5 heteroatoms. The molecule has 0 N–H and O–H groups in total. The number of amides is 1. The van der Waals surface area contributed by atoms with Gasteiger partial charge in [-0.05, 0) is 44.2 Å². The van der Waals surface area contributed by atoms with Crippen LogP contribution >= 0.6 is 0 Å². The van der Waals surface area contributed by atoms with Crippen molar-refractivity contribution < 1.29 is 9.18 Å². The Labute approximate surface area is 145 Å². The number of carbonyl (C=O) groups is 1. The summed E-state index contributed by atoms with van der Waals surface area (Å²) in [6.45, 7) is 4.77. The molecule has 2 aromatic carbocycles.